The second-order valence-corrected chi connectivity index (χ2v) is 9.74. The van der Waals surface area contributed by atoms with Gasteiger partial charge in [-0.3, -0.25) is 14.4 Å². The molecule has 168 valence electrons. The fourth-order valence-corrected chi connectivity index (χ4v) is 7.53. The molecule has 1 spiro atoms. The van der Waals surface area contributed by atoms with E-state index in [1.807, 2.05) is 0 Å². The minimum absolute atomic E-state index is 0.00993. The molecule has 8 nitrogen and oxygen atoms in total. The highest BCUT2D eigenvalue weighted by Gasteiger charge is 2.73. The number of nitrogens with zero attached hydrogens (tertiary/aromatic N) is 1. The SMILES string of the molecule is CCOC(=O)[C@@H]1[C@@H]2CCC3(S2)C(C(=O)Nc2ccc(OC)cc2)N(CCCO)C(=O)[C@H]13. The first-order valence-corrected chi connectivity index (χ1v) is 11.6. The van der Waals surface area contributed by atoms with Gasteiger partial charge in [0.15, 0.2) is 0 Å². The van der Waals surface area contributed by atoms with Gasteiger partial charge in [0.2, 0.25) is 11.8 Å². The van der Waals surface area contributed by atoms with Crippen molar-refractivity contribution in [3.05, 3.63) is 24.3 Å². The predicted octanol–water partition coefficient (Wildman–Crippen LogP) is 1.67. The first-order chi connectivity index (χ1) is 15.0. The van der Waals surface area contributed by atoms with E-state index in [9.17, 15) is 19.5 Å². The average molecular weight is 449 g/mol. The molecule has 4 rings (SSSR count). The van der Waals surface area contributed by atoms with Crippen LogP contribution in [0, 0.1) is 11.8 Å². The van der Waals surface area contributed by atoms with Gasteiger partial charge in [-0.15, -0.1) is 11.8 Å². The van der Waals surface area contributed by atoms with E-state index in [0.717, 1.165) is 6.42 Å². The summed E-state index contributed by atoms with van der Waals surface area (Å²) in [5.41, 5.74) is 0.611. The summed E-state index contributed by atoms with van der Waals surface area (Å²) in [6, 6.07) is 6.32. The Balaban J connectivity index is 1.64. The number of carbonyl (C=O) groups is 3. The number of amides is 2. The monoisotopic (exact) mass is 448 g/mol. The molecule has 0 saturated carbocycles. The van der Waals surface area contributed by atoms with Crippen molar-refractivity contribution in [2.75, 3.05) is 32.2 Å². The lowest BCUT2D eigenvalue weighted by atomic mass is 9.71. The van der Waals surface area contributed by atoms with Crippen molar-refractivity contribution in [2.24, 2.45) is 11.8 Å². The van der Waals surface area contributed by atoms with Crippen molar-refractivity contribution >= 4 is 35.2 Å². The van der Waals surface area contributed by atoms with Gasteiger partial charge in [0.1, 0.15) is 11.8 Å². The normalized spacial score (nSPS) is 30.9. The van der Waals surface area contributed by atoms with E-state index in [2.05, 4.69) is 5.32 Å². The van der Waals surface area contributed by atoms with E-state index >= 15 is 0 Å². The lowest BCUT2D eigenvalue weighted by Gasteiger charge is -2.34. The Morgan fingerprint density at radius 2 is 2.06 bits per heavy atom. The molecule has 2 N–H and O–H groups in total. The van der Waals surface area contributed by atoms with Crippen LogP contribution < -0.4 is 10.1 Å². The number of carbonyl (C=O) groups excluding carboxylic acids is 3. The summed E-state index contributed by atoms with van der Waals surface area (Å²) in [4.78, 5) is 41.2. The van der Waals surface area contributed by atoms with Crippen LogP contribution in [0.2, 0.25) is 0 Å². The molecule has 3 saturated heterocycles. The highest BCUT2D eigenvalue weighted by molar-refractivity contribution is 8.02. The molecule has 2 bridgehead atoms. The lowest BCUT2D eigenvalue weighted by molar-refractivity contribution is -0.153. The zero-order chi connectivity index (χ0) is 22.2. The minimum atomic E-state index is -0.701. The highest BCUT2D eigenvalue weighted by Crippen LogP contribution is 2.66. The Labute approximate surface area is 185 Å². The molecule has 31 heavy (non-hydrogen) atoms. The van der Waals surface area contributed by atoms with Crippen molar-refractivity contribution in [3.63, 3.8) is 0 Å². The third-order valence-corrected chi connectivity index (χ3v) is 8.47. The lowest BCUT2D eigenvalue weighted by Crippen LogP contribution is -2.51. The van der Waals surface area contributed by atoms with Crippen LogP contribution in [0.25, 0.3) is 0 Å². The van der Waals surface area contributed by atoms with Crippen molar-refractivity contribution in [1.29, 1.82) is 0 Å². The number of anilines is 1. The Kier molecular flexibility index (Phi) is 6.16. The molecule has 2 unspecified atom stereocenters. The van der Waals surface area contributed by atoms with E-state index in [0.29, 0.717) is 24.3 Å². The van der Waals surface area contributed by atoms with E-state index in [-0.39, 0.29) is 42.8 Å². The molecular formula is C22H28N2O6S. The molecule has 0 aromatic heterocycles. The fraction of sp³-hybridized carbons (Fsp3) is 0.591. The van der Waals surface area contributed by atoms with Crippen LogP contribution in [-0.4, -0.2) is 70.7 Å². The number of fused-ring (bicyclic) bond motifs is 1. The number of nitrogens with one attached hydrogen (secondary N) is 1. The van der Waals surface area contributed by atoms with Gasteiger partial charge in [-0.2, -0.15) is 0 Å². The standard InChI is InChI=1S/C22H28N2O6S/c1-3-30-21(28)16-15-9-10-22(31-15)17(16)20(27)24(11-4-12-25)18(22)19(26)23-13-5-7-14(29-2)8-6-13/h5-8,15-18,25H,3-4,9-12H2,1-2H3,(H,23,26)/t15-,16+,17-,18?,22?/m0/s1. The number of hydrogen-bond acceptors (Lipinski definition) is 7. The second kappa shape index (κ2) is 8.70. The molecular weight excluding hydrogens is 420 g/mol. The zero-order valence-corrected chi connectivity index (χ0v) is 18.5. The van der Waals surface area contributed by atoms with Gasteiger partial charge in [-0.1, -0.05) is 0 Å². The molecule has 9 heteroatoms. The quantitative estimate of drug-likeness (QED) is 0.583. The van der Waals surface area contributed by atoms with E-state index in [1.54, 1.807) is 55.0 Å². The molecule has 3 aliphatic rings. The van der Waals surface area contributed by atoms with Crippen LogP contribution in [0.1, 0.15) is 26.2 Å². The summed E-state index contributed by atoms with van der Waals surface area (Å²) < 4.78 is 9.80. The van der Waals surface area contributed by atoms with Gasteiger partial charge in [-0.25, -0.2) is 0 Å². The van der Waals surface area contributed by atoms with Gasteiger partial charge in [0, 0.05) is 24.1 Å². The van der Waals surface area contributed by atoms with Crippen LogP contribution in [0.15, 0.2) is 24.3 Å². The summed E-state index contributed by atoms with van der Waals surface area (Å²) in [6.07, 6.45) is 1.85. The molecule has 3 aliphatic heterocycles. The van der Waals surface area contributed by atoms with Crippen molar-refractivity contribution in [2.45, 2.75) is 42.2 Å². The maximum absolute atomic E-state index is 13.5. The van der Waals surface area contributed by atoms with Crippen LogP contribution >= 0.6 is 11.8 Å². The molecule has 0 radical (unpaired) electrons. The third kappa shape index (κ3) is 3.57. The number of methoxy groups -OCH3 is 1. The van der Waals surface area contributed by atoms with Gasteiger partial charge in [-0.05, 0) is 50.5 Å². The topological polar surface area (TPSA) is 105 Å². The number of likely N-dealkylation sites (tertiary alicyclic amines) is 1. The maximum Gasteiger partial charge on any atom is 0.310 e. The summed E-state index contributed by atoms with van der Waals surface area (Å²) in [5, 5.41) is 12.3. The van der Waals surface area contributed by atoms with Crippen molar-refractivity contribution < 1.29 is 29.0 Å². The molecule has 1 aromatic carbocycles. The van der Waals surface area contributed by atoms with Crippen molar-refractivity contribution in [3.8, 4) is 5.75 Å². The highest BCUT2D eigenvalue weighted by atomic mass is 32.2. The average Bonchev–Trinajstić information content (AvgIpc) is 3.40. The Hall–Kier alpha value is -2.26. The number of hydrogen-bond donors (Lipinski definition) is 2. The Bertz CT molecular complexity index is 862. The number of thioether (sulfide) groups is 1. The Morgan fingerprint density at radius 3 is 2.71 bits per heavy atom. The smallest absolute Gasteiger partial charge is 0.310 e. The number of esters is 1. The van der Waals surface area contributed by atoms with Crippen molar-refractivity contribution in [1.82, 2.24) is 4.90 Å². The van der Waals surface area contributed by atoms with Gasteiger partial charge >= 0.3 is 5.97 Å². The number of benzene rings is 1. The van der Waals surface area contributed by atoms with Crippen LogP contribution in [-0.2, 0) is 19.1 Å². The summed E-state index contributed by atoms with van der Waals surface area (Å²) >= 11 is 1.60. The predicted molar refractivity (Wildman–Crippen MR) is 116 cm³/mol. The largest absolute Gasteiger partial charge is 0.497 e. The molecule has 2 amide bonds. The minimum Gasteiger partial charge on any atom is -0.497 e. The summed E-state index contributed by atoms with van der Waals surface area (Å²) in [5.74, 6) is -1.22. The van der Waals surface area contributed by atoms with Gasteiger partial charge in [0.25, 0.3) is 0 Å². The van der Waals surface area contributed by atoms with E-state index in [4.69, 9.17) is 9.47 Å². The molecule has 3 heterocycles. The zero-order valence-electron chi connectivity index (χ0n) is 17.7. The maximum atomic E-state index is 13.5. The third-order valence-electron chi connectivity index (χ3n) is 6.52. The molecule has 5 atom stereocenters. The number of aliphatic hydroxyl groups is 1. The Morgan fingerprint density at radius 1 is 1.32 bits per heavy atom. The number of rotatable bonds is 8. The molecule has 1 aromatic rings. The first-order valence-electron chi connectivity index (χ1n) is 10.7. The number of aliphatic hydroxyl groups excluding tert-OH is 1. The second-order valence-electron chi connectivity index (χ2n) is 8.13. The van der Waals surface area contributed by atoms with E-state index < -0.39 is 22.6 Å². The van der Waals surface area contributed by atoms with E-state index in [1.165, 1.54) is 0 Å². The van der Waals surface area contributed by atoms with Crippen LogP contribution in [0.5, 0.6) is 5.75 Å². The first kappa shape index (κ1) is 22.0. The van der Waals surface area contributed by atoms with Gasteiger partial charge < -0.3 is 24.8 Å². The molecule has 3 fully saturated rings. The summed E-state index contributed by atoms with van der Waals surface area (Å²) in [7, 11) is 1.57. The summed E-state index contributed by atoms with van der Waals surface area (Å²) in [6.45, 7) is 2.21. The van der Waals surface area contributed by atoms with Crippen LogP contribution in [0.4, 0.5) is 5.69 Å². The number of ether oxygens (including phenoxy) is 2. The molecule has 0 aliphatic carbocycles. The van der Waals surface area contributed by atoms with Crippen LogP contribution in [0.3, 0.4) is 0 Å². The van der Waals surface area contributed by atoms with Gasteiger partial charge in [0.05, 0.1) is 30.3 Å². The fourth-order valence-electron chi connectivity index (χ4n) is 5.33.